The van der Waals surface area contributed by atoms with E-state index >= 15 is 0 Å². The van der Waals surface area contributed by atoms with Gasteiger partial charge in [0, 0.05) is 42.8 Å². The van der Waals surface area contributed by atoms with Gasteiger partial charge in [0.1, 0.15) is 5.82 Å². The first-order valence-electron chi connectivity index (χ1n) is 8.50. The minimum atomic E-state index is 0.160. The van der Waals surface area contributed by atoms with Crippen molar-refractivity contribution >= 4 is 5.82 Å². The third kappa shape index (κ3) is 4.07. The number of hydrogen-bond acceptors (Lipinski definition) is 6. The highest BCUT2D eigenvalue weighted by Crippen LogP contribution is 2.19. The zero-order valence-electron chi connectivity index (χ0n) is 14.6. The molecule has 1 N–H and O–H groups in total. The van der Waals surface area contributed by atoms with Crippen molar-refractivity contribution in [1.29, 1.82) is 0 Å². The summed E-state index contributed by atoms with van der Waals surface area (Å²) in [6.45, 7) is 6.94. The summed E-state index contributed by atoms with van der Waals surface area (Å²) in [5.74, 6) is 1.58. The van der Waals surface area contributed by atoms with Crippen molar-refractivity contribution in [2.45, 2.75) is 32.4 Å². The van der Waals surface area contributed by atoms with Gasteiger partial charge in [0.15, 0.2) is 5.82 Å². The molecule has 3 heterocycles. The van der Waals surface area contributed by atoms with Crippen LogP contribution in [0.5, 0.6) is 0 Å². The van der Waals surface area contributed by atoms with Gasteiger partial charge < -0.3 is 15.0 Å². The monoisotopic (exact) mass is 327 g/mol. The Morgan fingerprint density at radius 1 is 1.33 bits per heavy atom. The quantitative estimate of drug-likeness (QED) is 0.908. The molecule has 0 bridgehead atoms. The number of hydrogen-bond donors (Lipinski definition) is 1. The first-order chi connectivity index (χ1) is 11.7. The van der Waals surface area contributed by atoms with E-state index in [0.29, 0.717) is 0 Å². The van der Waals surface area contributed by atoms with Gasteiger partial charge in [0.05, 0.1) is 18.8 Å². The highest BCUT2D eigenvalue weighted by atomic mass is 16.5. The Morgan fingerprint density at radius 3 is 2.83 bits per heavy atom. The fraction of sp³-hybridized carbons (Fsp3) is 0.500. The lowest BCUT2D eigenvalue weighted by atomic mass is 10.1. The molecule has 2 atom stereocenters. The zero-order valence-corrected chi connectivity index (χ0v) is 14.6. The van der Waals surface area contributed by atoms with Crippen LogP contribution in [-0.2, 0) is 11.2 Å². The molecule has 1 saturated heterocycles. The summed E-state index contributed by atoms with van der Waals surface area (Å²) in [4.78, 5) is 15.7. The maximum Gasteiger partial charge on any atom is 0.161 e. The molecule has 0 spiro atoms. The molecule has 1 aliphatic heterocycles. The Balaban J connectivity index is 1.79. The fourth-order valence-corrected chi connectivity index (χ4v) is 2.82. The normalized spacial score (nSPS) is 19.9. The highest BCUT2D eigenvalue weighted by Gasteiger charge is 2.24. The molecule has 6 heteroatoms. The molecular formula is C18H25N5O. The lowest BCUT2D eigenvalue weighted by Crippen LogP contribution is -2.47. The number of nitrogens with one attached hydrogen (secondary N) is 1. The molecule has 0 saturated carbocycles. The summed E-state index contributed by atoms with van der Waals surface area (Å²) in [6, 6.07) is 6.06. The topological polar surface area (TPSA) is 63.2 Å². The molecule has 0 amide bonds. The van der Waals surface area contributed by atoms with Crippen molar-refractivity contribution < 1.29 is 4.74 Å². The maximum absolute atomic E-state index is 5.90. The number of aromatic nitrogens is 3. The highest BCUT2D eigenvalue weighted by molar-refractivity contribution is 5.57. The van der Waals surface area contributed by atoms with Gasteiger partial charge in [0.25, 0.3) is 0 Å². The largest absolute Gasteiger partial charge is 0.373 e. The van der Waals surface area contributed by atoms with Gasteiger partial charge in [0.2, 0.25) is 0 Å². The zero-order chi connectivity index (χ0) is 16.9. The van der Waals surface area contributed by atoms with Crippen LogP contribution in [-0.4, -0.2) is 58.7 Å². The predicted octanol–water partition coefficient (Wildman–Crippen LogP) is 2.23. The van der Waals surface area contributed by atoms with E-state index in [1.54, 1.807) is 12.4 Å². The second kappa shape index (κ2) is 7.68. The molecule has 1 fully saturated rings. The van der Waals surface area contributed by atoms with Crippen LogP contribution < -0.4 is 5.32 Å². The molecule has 1 aliphatic rings. The van der Waals surface area contributed by atoms with Crippen molar-refractivity contribution in [3.05, 3.63) is 36.3 Å². The molecule has 128 valence electrons. The molecule has 2 unspecified atom stereocenters. The number of likely N-dealkylation sites (N-methyl/N-ethyl adjacent to an activating group) is 1. The summed E-state index contributed by atoms with van der Waals surface area (Å²) in [5, 5.41) is 3.50. The van der Waals surface area contributed by atoms with E-state index in [9.17, 15) is 0 Å². The van der Waals surface area contributed by atoms with Gasteiger partial charge in [-0.05, 0) is 32.5 Å². The van der Waals surface area contributed by atoms with Crippen LogP contribution in [0.25, 0.3) is 11.4 Å². The summed E-state index contributed by atoms with van der Waals surface area (Å²) in [5.41, 5.74) is 2.00. The van der Waals surface area contributed by atoms with Crippen molar-refractivity contribution in [3.63, 3.8) is 0 Å². The number of anilines is 1. The second-order valence-electron chi connectivity index (χ2n) is 6.26. The van der Waals surface area contributed by atoms with Crippen molar-refractivity contribution in [2.75, 3.05) is 32.1 Å². The minimum Gasteiger partial charge on any atom is -0.373 e. The van der Waals surface area contributed by atoms with E-state index in [-0.39, 0.29) is 12.1 Å². The summed E-state index contributed by atoms with van der Waals surface area (Å²) < 4.78 is 5.90. The molecule has 0 aliphatic carbocycles. The predicted molar refractivity (Wildman–Crippen MR) is 95.0 cm³/mol. The minimum absolute atomic E-state index is 0.160. The molecule has 0 aromatic carbocycles. The van der Waals surface area contributed by atoms with Crippen LogP contribution in [0.2, 0.25) is 0 Å². The average molecular weight is 327 g/mol. The molecule has 2 aromatic rings. The van der Waals surface area contributed by atoms with Gasteiger partial charge in [-0.15, -0.1) is 0 Å². The van der Waals surface area contributed by atoms with Crippen molar-refractivity contribution in [1.82, 2.24) is 19.9 Å². The Hall–Kier alpha value is -2.05. The van der Waals surface area contributed by atoms with E-state index in [0.717, 1.165) is 49.0 Å². The number of rotatable bonds is 5. The van der Waals surface area contributed by atoms with Gasteiger partial charge in [-0.2, -0.15) is 0 Å². The average Bonchev–Trinajstić information content (AvgIpc) is 2.62. The smallest absolute Gasteiger partial charge is 0.161 e. The van der Waals surface area contributed by atoms with E-state index in [1.165, 1.54) is 0 Å². The number of ether oxygens (including phenoxy) is 1. The van der Waals surface area contributed by atoms with Gasteiger partial charge in [-0.3, -0.25) is 4.98 Å². The van der Waals surface area contributed by atoms with Crippen LogP contribution in [0.3, 0.4) is 0 Å². The van der Waals surface area contributed by atoms with Crippen molar-refractivity contribution in [2.24, 2.45) is 0 Å². The number of morpholine rings is 1. The Kier molecular flexibility index (Phi) is 5.37. The first kappa shape index (κ1) is 16.8. The Labute approximate surface area is 143 Å². The lowest BCUT2D eigenvalue weighted by Gasteiger charge is -2.34. The summed E-state index contributed by atoms with van der Waals surface area (Å²) in [6.07, 6.45) is 4.55. The number of aryl methyl sites for hydroxylation is 1. The molecule has 2 aromatic heterocycles. The van der Waals surface area contributed by atoms with Crippen LogP contribution in [0, 0.1) is 0 Å². The number of pyridine rings is 1. The number of nitrogens with zero attached hydrogens (tertiary/aromatic N) is 4. The van der Waals surface area contributed by atoms with Gasteiger partial charge in [-0.25, -0.2) is 9.97 Å². The SMILES string of the molecule is CCc1cc(NC(C)C2CN(C)CCO2)nc(-c2ccncc2)n1. The second-order valence-corrected chi connectivity index (χ2v) is 6.26. The van der Waals surface area contributed by atoms with E-state index < -0.39 is 0 Å². The Morgan fingerprint density at radius 2 is 2.12 bits per heavy atom. The summed E-state index contributed by atoms with van der Waals surface area (Å²) in [7, 11) is 2.13. The third-order valence-corrected chi connectivity index (χ3v) is 4.31. The third-order valence-electron chi connectivity index (χ3n) is 4.31. The van der Waals surface area contributed by atoms with Crippen molar-refractivity contribution in [3.8, 4) is 11.4 Å². The Bertz CT molecular complexity index is 664. The van der Waals surface area contributed by atoms with Crippen LogP contribution in [0.1, 0.15) is 19.5 Å². The summed E-state index contributed by atoms with van der Waals surface area (Å²) >= 11 is 0. The first-order valence-corrected chi connectivity index (χ1v) is 8.50. The molecular weight excluding hydrogens is 302 g/mol. The van der Waals surface area contributed by atoms with E-state index in [4.69, 9.17) is 4.74 Å². The molecule has 6 nitrogen and oxygen atoms in total. The van der Waals surface area contributed by atoms with E-state index in [1.807, 2.05) is 18.2 Å². The van der Waals surface area contributed by atoms with Gasteiger partial charge >= 0.3 is 0 Å². The van der Waals surface area contributed by atoms with Crippen LogP contribution in [0.15, 0.2) is 30.6 Å². The molecule has 0 radical (unpaired) electrons. The standard InChI is InChI=1S/C18H25N5O/c1-4-15-11-17(20-13(2)16-12-23(3)9-10-24-16)22-18(21-15)14-5-7-19-8-6-14/h5-8,11,13,16H,4,9-10,12H2,1-3H3,(H,20,21,22). The molecule has 3 rings (SSSR count). The van der Waals surface area contributed by atoms with Crippen LogP contribution >= 0.6 is 0 Å². The van der Waals surface area contributed by atoms with Crippen LogP contribution in [0.4, 0.5) is 5.82 Å². The van der Waals surface area contributed by atoms with E-state index in [2.05, 4.69) is 46.1 Å². The van der Waals surface area contributed by atoms with Gasteiger partial charge in [-0.1, -0.05) is 6.92 Å². The lowest BCUT2D eigenvalue weighted by molar-refractivity contribution is -0.0260. The fourth-order valence-electron chi connectivity index (χ4n) is 2.82. The molecule has 24 heavy (non-hydrogen) atoms. The maximum atomic E-state index is 5.90.